The first-order chi connectivity index (χ1) is 14.6. The maximum absolute atomic E-state index is 11.8. The van der Waals surface area contributed by atoms with E-state index in [0.29, 0.717) is 28.0 Å². The first kappa shape index (κ1) is 19.4. The van der Waals surface area contributed by atoms with Crippen LogP contribution in [0.1, 0.15) is 20.2 Å². The lowest BCUT2D eigenvalue weighted by atomic mass is 10.3. The maximum Gasteiger partial charge on any atom is 0.350 e. The minimum Gasteiger partial charge on any atom is -0.465 e. The molecule has 0 radical (unpaired) electrons. The molecular weight excluding hydrogens is 406 g/mol. The van der Waals surface area contributed by atoms with Crippen LogP contribution in [0.15, 0.2) is 48.0 Å². The number of amides is 1. The molecule has 0 spiro atoms. The van der Waals surface area contributed by atoms with Gasteiger partial charge in [-0.15, -0.1) is 11.3 Å². The Bertz CT molecular complexity index is 1230. The predicted octanol–water partition coefficient (Wildman–Crippen LogP) is 3.70. The van der Waals surface area contributed by atoms with E-state index >= 15 is 0 Å². The summed E-state index contributed by atoms with van der Waals surface area (Å²) in [5, 5.41) is 7.43. The van der Waals surface area contributed by atoms with E-state index in [2.05, 4.69) is 25.6 Å². The fraction of sp³-hybridized carbons (Fsp3) is 0.100. The van der Waals surface area contributed by atoms with Crippen molar-refractivity contribution in [1.82, 2.24) is 20.3 Å². The summed E-state index contributed by atoms with van der Waals surface area (Å²) in [6, 6.07) is 10.4. The largest absolute Gasteiger partial charge is 0.465 e. The topological polar surface area (TPSA) is 118 Å². The van der Waals surface area contributed by atoms with E-state index in [9.17, 15) is 9.59 Å². The average Bonchev–Trinajstić information content (AvgIpc) is 3.39. The van der Waals surface area contributed by atoms with Gasteiger partial charge in [-0.25, -0.2) is 9.78 Å². The Morgan fingerprint density at radius 3 is 2.77 bits per heavy atom. The van der Waals surface area contributed by atoms with E-state index in [-0.39, 0.29) is 11.6 Å². The van der Waals surface area contributed by atoms with Crippen LogP contribution in [-0.4, -0.2) is 41.0 Å². The molecule has 3 heterocycles. The highest BCUT2D eigenvalue weighted by Crippen LogP contribution is 2.29. The van der Waals surface area contributed by atoms with Gasteiger partial charge >= 0.3 is 5.97 Å². The number of rotatable bonds is 6. The molecule has 30 heavy (non-hydrogen) atoms. The standard InChI is InChI=1S/C20H17N5O4S/c1-21-18(26)16-10-12(5-7-22-16)29-11-3-4-13-15(9-11)25-20(23-13)24-14-6-8-30-17(14)19(27)28-2/h3-10H,1-2H3,(H,21,26)(H2,23,24,25). The second-order valence-corrected chi connectivity index (χ2v) is 7.02. The Balaban J connectivity index is 1.55. The van der Waals surface area contributed by atoms with Gasteiger partial charge in [0.2, 0.25) is 5.95 Å². The number of nitrogens with zero attached hydrogens (tertiary/aromatic N) is 2. The van der Waals surface area contributed by atoms with Crippen LogP contribution in [0.25, 0.3) is 11.0 Å². The Kier molecular flexibility index (Phi) is 5.31. The van der Waals surface area contributed by atoms with Gasteiger partial charge in [-0.3, -0.25) is 9.78 Å². The van der Waals surface area contributed by atoms with Crippen LogP contribution >= 0.6 is 11.3 Å². The smallest absolute Gasteiger partial charge is 0.350 e. The van der Waals surface area contributed by atoms with Crippen LogP contribution in [0.5, 0.6) is 11.5 Å². The fourth-order valence-corrected chi connectivity index (χ4v) is 3.53. The highest BCUT2D eigenvalue weighted by molar-refractivity contribution is 7.12. The Morgan fingerprint density at radius 2 is 1.97 bits per heavy atom. The van der Waals surface area contributed by atoms with Crippen LogP contribution < -0.4 is 15.4 Å². The first-order valence-electron chi connectivity index (χ1n) is 8.86. The zero-order chi connectivity index (χ0) is 21.1. The molecule has 0 aliphatic rings. The van der Waals surface area contributed by atoms with Gasteiger partial charge in [0.15, 0.2) is 0 Å². The van der Waals surface area contributed by atoms with Gasteiger partial charge in [0.1, 0.15) is 22.1 Å². The number of carbonyl (C=O) groups excluding carboxylic acids is 2. The number of aromatic nitrogens is 3. The number of thiophene rings is 1. The highest BCUT2D eigenvalue weighted by atomic mass is 32.1. The van der Waals surface area contributed by atoms with Crippen molar-refractivity contribution < 1.29 is 19.1 Å². The minimum absolute atomic E-state index is 0.265. The van der Waals surface area contributed by atoms with E-state index in [1.807, 2.05) is 6.07 Å². The summed E-state index contributed by atoms with van der Waals surface area (Å²) in [6.07, 6.45) is 1.51. The van der Waals surface area contributed by atoms with Crippen molar-refractivity contribution in [3.63, 3.8) is 0 Å². The van der Waals surface area contributed by atoms with Crippen molar-refractivity contribution >= 4 is 45.9 Å². The third kappa shape index (κ3) is 3.94. The van der Waals surface area contributed by atoms with Gasteiger partial charge in [0, 0.05) is 25.4 Å². The second-order valence-electron chi connectivity index (χ2n) is 6.10. The summed E-state index contributed by atoms with van der Waals surface area (Å²) >= 11 is 1.28. The predicted molar refractivity (Wildman–Crippen MR) is 113 cm³/mol. The number of aromatic amines is 1. The number of nitrogens with one attached hydrogen (secondary N) is 3. The Labute approximate surface area is 175 Å². The number of anilines is 2. The van der Waals surface area contributed by atoms with Crippen molar-refractivity contribution in [2.24, 2.45) is 0 Å². The molecule has 0 aliphatic heterocycles. The molecule has 0 unspecified atom stereocenters. The minimum atomic E-state index is -0.409. The van der Waals surface area contributed by atoms with Crippen LogP contribution in [-0.2, 0) is 4.74 Å². The quantitative estimate of drug-likeness (QED) is 0.405. The van der Waals surface area contributed by atoms with E-state index in [1.165, 1.54) is 24.6 Å². The highest BCUT2D eigenvalue weighted by Gasteiger charge is 2.15. The van der Waals surface area contributed by atoms with Crippen molar-refractivity contribution in [1.29, 1.82) is 0 Å². The van der Waals surface area contributed by atoms with Crippen LogP contribution in [0.2, 0.25) is 0 Å². The molecule has 0 fully saturated rings. The van der Waals surface area contributed by atoms with Gasteiger partial charge in [-0.1, -0.05) is 0 Å². The van der Waals surface area contributed by atoms with E-state index in [4.69, 9.17) is 9.47 Å². The lowest BCUT2D eigenvalue weighted by Gasteiger charge is -2.06. The lowest BCUT2D eigenvalue weighted by Crippen LogP contribution is -2.18. The van der Waals surface area contributed by atoms with Crippen LogP contribution in [0, 0.1) is 0 Å². The van der Waals surface area contributed by atoms with Gasteiger partial charge in [0.25, 0.3) is 5.91 Å². The maximum atomic E-state index is 11.8. The van der Waals surface area contributed by atoms with E-state index < -0.39 is 5.97 Å². The number of pyridine rings is 1. The molecule has 0 saturated carbocycles. The molecule has 3 aromatic heterocycles. The number of ether oxygens (including phenoxy) is 2. The van der Waals surface area contributed by atoms with Crippen molar-refractivity contribution in [2.75, 3.05) is 19.5 Å². The third-order valence-electron chi connectivity index (χ3n) is 4.17. The van der Waals surface area contributed by atoms with Crippen molar-refractivity contribution in [3.05, 3.63) is 58.5 Å². The summed E-state index contributed by atoms with van der Waals surface area (Å²) < 4.78 is 10.6. The van der Waals surface area contributed by atoms with Crippen LogP contribution in [0.4, 0.5) is 11.6 Å². The molecule has 0 bridgehead atoms. The molecule has 0 aliphatic carbocycles. The van der Waals surface area contributed by atoms with E-state index in [1.54, 1.807) is 42.8 Å². The zero-order valence-electron chi connectivity index (χ0n) is 16.1. The fourth-order valence-electron chi connectivity index (χ4n) is 2.76. The third-order valence-corrected chi connectivity index (χ3v) is 5.06. The second kappa shape index (κ2) is 8.21. The molecule has 0 atom stereocenters. The number of carbonyl (C=O) groups is 2. The molecule has 0 saturated heterocycles. The first-order valence-corrected chi connectivity index (χ1v) is 9.74. The average molecular weight is 423 g/mol. The number of benzene rings is 1. The molecule has 10 heteroatoms. The molecule has 4 rings (SSSR count). The summed E-state index contributed by atoms with van der Waals surface area (Å²) in [5.41, 5.74) is 2.34. The van der Waals surface area contributed by atoms with Crippen LogP contribution in [0.3, 0.4) is 0 Å². The Morgan fingerprint density at radius 1 is 1.13 bits per heavy atom. The summed E-state index contributed by atoms with van der Waals surface area (Å²) in [4.78, 5) is 35.7. The number of methoxy groups -OCH3 is 1. The molecule has 3 N–H and O–H groups in total. The van der Waals surface area contributed by atoms with Gasteiger partial charge in [-0.05, 0) is 29.6 Å². The molecular formula is C20H17N5O4S. The lowest BCUT2D eigenvalue weighted by molar-refractivity contribution is 0.0607. The normalized spacial score (nSPS) is 10.6. The summed E-state index contributed by atoms with van der Waals surface area (Å²) in [5.74, 6) is 0.837. The number of H-pyrrole nitrogens is 1. The van der Waals surface area contributed by atoms with Gasteiger partial charge in [0.05, 0.1) is 23.8 Å². The SMILES string of the molecule is CNC(=O)c1cc(Oc2ccc3nc(Nc4ccsc4C(=O)OC)[nH]c3c2)ccn1. The number of hydrogen-bond donors (Lipinski definition) is 3. The van der Waals surface area contributed by atoms with E-state index in [0.717, 1.165) is 11.0 Å². The monoisotopic (exact) mass is 423 g/mol. The Hall–Kier alpha value is -3.92. The van der Waals surface area contributed by atoms with Gasteiger partial charge < -0.3 is 25.1 Å². The number of fused-ring (bicyclic) bond motifs is 1. The molecule has 1 aromatic carbocycles. The number of hydrogen-bond acceptors (Lipinski definition) is 8. The summed E-state index contributed by atoms with van der Waals surface area (Å²) in [7, 11) is 2.88. The molecule has 1 amide bonds. The number of esters is 1. The molecule has 4 aromatic rings. The van der Waals surface area contributed by atoms with Crippen molar-refractivity contribution in [3.8, 4) is 11.5 Å². The van der Waals surface area contributed by atoms with Gasteiger partial charge in [-0.2, -0.15) is 0 Å². The summed E-state index contributed by atoms with van der Waals surface area (Å²) in [6.45, 7) is 0. The number of imidazole rings is 1. The van der Waals surface area contributed by atoms with Crippen molar-refractivity contribution in [2.45, 2.75) is 0 Å². The molecule has 152 valence electrons. The molecule has 9 nitrogen and oxygen atoms in total. The zero-order valence-corrected chi connectivity index (χ0v) is 16.9.